The Morgan fingerprint density at radius 2 is 2.12 bits per heavy atom. The van der Waals surface area contributed by atoms with Gasteiger partial charge in [0.15, 0.2) is 0 Å². The number of hydrogen-bond acceptors (Lipinski definition) is 2. The Balaban J connectivity index is 2.01. The van der Waals surface area contributed by atoms with Crippen LogP contribution in [0.25, 0.3) is 0 Å². The average molecular weight is 216 g/mol. The number of aliphatic hydroxyl groups excluding tert-OH is 1. The van der Waals surface area contributed by atoms with Gasteiger partial charge >= 0.3 is 0 Å². The molecule has 0 unspecified atom stereocenters. The molecule has 1 saturated carbocycles. The lowest BCUT2D eigenvalue weighted by Crippen LogP contribution is -2.00. The van der Waals surface area contributed by atoms with Crippen LogP contribution < -0.4 is 4.74 Å². The number of benzene rings is 1. The monoisotopic (exact) mass is 216 g/mol. The largest absolute Gasteiger partial charge is 0.492 e. The van der Waals surface area contributed by atoms with E-state index >= 15 is 0 Å². The van der Waals surface area contributed by atoms with Crippen LogP contribution in [0.5, 0.6) is 5.75 Å². The summed E-state index contributed by atoms with van der Waals surface area (Å²) in [6, 6.07) is 7.81. The van der Waals surface area contributed by atoms with E-state index in [2.05, 4.69) is 11.8 Å². The summed E-state index contributed by atoms with van der Waals surface area (Å²) in [5, 5.41) is 8.66. The van der Waals surface area contributed by atoms with Crippen molar-refractivity contribution in [3.05, 3.63) is 29.8 Å². The third-order valence-electron chi connectivity index (χ3n) is 2.52. The Morgan fingerprint density at radius 1 is 1.31 bits per heavy atom. The standard InChI is InChI=1S/C14H16O2/c15-10-4-3-6-13-5-1-2-7-14(13)16-11-12-8-9-12/h1-2,5,7,12,15H,4,8-11H2. The summed E-state index contributed by atoms with van der Waals surface area (Å²) in [6.07, 6.45) is 3.09. The van der Waals surface area contributed by atoms with Gasteiger partial charge in [0.1, 0.15) is 5.75 Å². The van der Waals surface area contributed by atoms with Gasteiger partial charge in [-0.15, -0.1) is 0 Å². The average Bonchev–Trinajstić information content (AvgIpc) is 3.12. The molecular weight excluding hydrogens is 200 g/mol. The fourth-order valence-electron chi connectivity index (χ4n) is 1.40. The van der Waals surface area contributed by atoms with Crippen LogP contribution in [0, 0.1) is 17.8 Å². The van der Waals surface area contributed by atoms with E-state index in [9.17, 15) is 0 Å². The second-order valence-corrected chi connectivity index (χ2v) is 4.03. The van der Waals surface area contributed by atoms with E-state index in [1.54, 1.807) is 0 Å². The van der Waals surface area contributed by atoms with E-state index in [0.29, 0.717) is 6.42 Å². The van der Waals surface area contributed by atoms with Crippen LogP contribution in [0.4, 0.5) is 0 Å². The highest BCUT2D eigenvalue weighted by Crippen LogP contribution is 2.30. The molecule has 16 heavy (non-hydrogen) atoms. The SMILES string of the molecule is OCCC#Cc1ccccc1OCC1CC1. The molecule has 0 spiro atoms. The molecule has 1 N–H and O–H groups in total. The first kappa shape index (κ1) is 11.0. The third-order valence-corrected chi connectivity index (χ3v) is 2.52. The Labute approximate surface area is 96.3 Å². The first-order valence-electron chi connectivity index (χ1n) is 5.71. The van der Waals surface area contributed by atoms with Crippen molar-refractivity contribution in [3.63, 3.8) is 0 Å². The third kappa shape index (κ3) is 3.29. The van der Waals surface area contributed by atoms with Crippen LogP contribution in [-0.4, -0.2) is 18.3 Å². The highest BCUT2D eigenvalue weighted by Gasteiger charge is 2.22. The Morgan fingerprint density at radius 3 is 2.88 bits per heavy atom. The first-order chi connectivity index (χ1) is 7.90. The summed E-state index contributed by atoms with van der Waals surface area (Å²) in [5.74, 6) is 7.55. The zero-order valence-corrected chi connectivity index (χ0v) is 9.28. The van der Waals surface area contributed by atoms with Crippen molar-refractivity contribution in [1.29, 1.82) is 0 Å². The molecule has 1 aromatic carbocycles. The number of ether oxygens (including phenoxy) is 1. The summed E-state index contributed by atoms with van der Waals surface area (Å²) in [6.45, 7) is 0.913. The molecule has 0 aliphatic heterocycles. The van der Waals surface area contributed by atoms with E-state index in [-0.39, 0.29) is 6.61 Å². The van der Waals surface area contributed by atoms with Gasteiger partial charge in [-0.2, -0.15) is 0 Å². The quantitative estimate of drug-likeness (QED) is 0.782. The van der Waals surface area contributed by atoms with E-state index in [1.807, 2.05) is 24.3 Å². The van der Waals surface area contributed by atoms with E-state index in [0.717, 1.165) is 23.8 Å². The molecule has 2 nitrogen and oxygen atoms in total. The van der Waals surface area contributed by atoms with Crippen molar-refractivity contribution in [1.82, 2.24) is 0 Å². The molecule has 2 rings (SSSR count). The zero-order valence-electron chi connectivity index (χ0n) is 9.28. The van der Waals surface area contributed by atoms with Crippen molar-refractivity contribution in [2.75, 3.05) is 13.2 Å². The minimum absolute atomic E-state index is 0.109. The zero-order chi connectivity index (χ0) is 11.2. The minimum atomic E-state index is 0.109. The van der Waals surface area contributed by atoms with Crippen molar-refractivity contribution in [2.24, 2.45) is 5.92 Å². The maximum Gasteiger partial charge on any atom is 0.134 e. The van der Waals surface area contributed by atoms with Gasteiger partial charge in [-0.05, 0) is 30.9 Å². The lowest BCUT2D eigenvalue weighted by Gasteiger charge is -2.06. The number of aliphatic hydroxyl groups is 1. The summed E-state index contributed by atoms with van der Waals surface area (Å²) in [5.41, 5.74) is 0.914. The van der Waals surface area contributed by atoms with Crippen LogP contribution in [0.3, 0.4) is 0 Å². The van der Waals surface area contributed by atoms with Gasteiger partial charge < -0.3 is 9.84 Å². The van der Waals surface area contributed by atoms with E-state index in [1.165, 1.54) is 12.8 Å². The molecular formula is C14H16O2. The van der Waals surface area contributed by atoms with Crippen molar-refractivity contribution in [3.8, 4) is 17.6 Å². The lowest BCUT2D eigenvalue weighted by molar-refractivity contribution is 0.299. The van der Waals surface area contributed by atoms with Gasteiger partial charge in [0.2, 0.25) is 0 Å². The lowest BCUT2D eigenvalue weighted by atomic mass is 10.2. The number of hydrogen-bond donors (Lipinski definition) is 1. The molecule has 0 atom stereocenters. The molecule has 0 bridgehead atoms. The molecule has 0 heterocycles. The molecule has 0 saturated heterocycles. The van der Waals surface area contributed by atoms with E-state index in [4.69, 9.17) is 9.84 Å². The molecule has 0 amide bonds. The van der Waals surface area contributed by atoms with Crippen LogP contribution >= 0.6 is 0 Å². The maximum atomic E-state index is 8.66. The van der Waals surface area contributed by atoms with Crippen LogP contribution in [0.15, 0.2) is 24.3 Å². The molecule has 0 aromatic heterocycles. The molecule has 1 aliphatic rings. The topological polar surface area (TPSA) is 29.5 Å². The summed E-state index contributed by atoms with van der Waals surface area (Å²) < 4.78 is 5.73. The van der Waals surface area contributed by atoms with Gasteiger partial charge in [-0.1, -0.05) is 24.0 Å². The molecule has 1 aliphatic carbocycles. The van der Waals surface area contributed by atoms with Gasteiger partial charge in [-0.3, -0.25) is 0 Å². The summed E-state index contributed by atoms with van der Waals surface area (Å²) in [7, 11) is 0. The summed E-state index contributed by atoms with van der Waals surface area (Å²) in [4.78, 5) is 0. The fourth-order valence-corrected chi connectivity index (χ4v) is 1.40. The first-order valence-corrected chi connectivity index (χ1v) is 5.71. The van der Waals surface area contributed by atoms with Gasteiger partial charge in [0.05, 0.1) is 18.8 Å². The maximum absolute atomic E-state index is 8.66. The molecule has 2 heteroatoms. The highest BCUT2D eigenvalue weighted by molar-refractivity contribution is 5.45. The minimum Gasteiger partial charge on any atom is -0.492 e. The molecule has 84 valence electrons. The number of rotatable bonds is 4. The van der Waals surface area contributed by atoms with Gasteiger partial charge in [0, 0.05) is 6.42 Å². The summed E-state index contributed by atoms with van der Waals surface area (Å²) >= 11 is 0. The van der Waals surface area contributed by atoms with Crippen molar-refractivity contribution in [2.45, 2.75) is 19.3 Å². The predicted molar refractivity (Wildman–Crippen MR) is 63.2 cm³/mol. The number of para-hydroxylation sites is 1. The van der Waals surface area contributed by atoms with Gasteiger partial charge in [0.25, 0.3) is 0 Å². The fraction of sp³-hybridized carbons (Fsp3) is 0.429. The Kier molecular flexibility index (Phi) is 3.85. The van der Waals surface area contributed by atoms with E-state index < -0.39 is 0 Å². The van der Waals surface area contributed by atoms with Crippen LogP contribution in [0.2, 0.25) is 0 Å². The second kappa shape index (κ2) is 5.58. The molecule has 1 fully saturated rings. The Bertz CT molecular complexity index is 397. The predicted octanol–water partition coefficient (Wildman–Crippen LogP) is 2.21. The molecule has 0 radical (unpaired) electrons. The second-order valence-electron chi connectivity index (χ2n) is 4.03. The normalized spacial score (nSPS) is 14.1. The smallest absolute Gasteiger partial charge is 0.134 e. The van der Waals surface area contributed by atoms with Crippen molar-refractivity contribution < 1.29 is 9.84 Å². The van der Waals surface area contributed by atoms with Crippen LogP contribution in [0.1, 0.15) is 24.8 Å². The highest BCUT2D eigenvalue weighted by atomic mass is 16.5. The Hall–Kier alpha value is -1.46. The van der Waals surface area contributed by atoms with Gasteiger partial charge in [-0.25, -0.2) is 0 Å². The molecule has 1 aromatic rings. The van der Waals surface area contributed by atoms with Crippen LogP contribution in [-0.2, 0) is 0 Å². The van der Waals surface area contributed by atoms with Crippen molar-refractivity contribution >= 4 is 0 Å².